The summed E-state index contributed by atoms with van der Waals surface area (Å²) in [5.41, 5.74) is 4.91. The quantitative estimate of drug-likeness (QED) is 0.482. The third-order valence-corrected chi connectivity index (χ3v) is 4.16. The second-order valence-corrected chi connectivity index (χ2v) is 6.61. The monoisotopic (exact) mass is 322 g/mol. The molecule has 0 unspecified atom stereocenters. The van der Waals surface area contributed by atoms with Crippen LogP contribution in [0, 0.1) is 13.8 Å². The van der Waals surface area contributed by atoms with Crippen molar-refractivity contribution in [1.82, 2.24) is 0 Å². The van der Waals surface area contributed by atoms with Gasteiger partial charge in [0.05, 0.1) is 12.7 Å². The lowest BCUT2D eigenvalue weighted by atomic mass is 10.0. The standard InChI is InChI=1S/C21H22O3/c1-13(2)17-7-5-15(4)10-20(17)24-21(22)11-16-12-23-19-9-14(3)6-8-18(16)19/h5-10,12-13H,11H2,1-4H3. The molecule has 3 rings (SSSR count). The molecule has 0 saturated heterocycles. The fourth-order valence-electron chi connectivity index (χ4n) is 2.85. The Balaban J connectivity index is 1.82. The molecule has 3 nitrogen and oxygen atoms in total. The molecule has 2 aromatic carbocycles. The minimum atomic E-state index is -0.272. The van der Waals surface area contributed by atoms with Crippen LogP contribution in [-0.2, 0) is 11.2 Å². The maximum atomic E-state index is 12.4. The molecule has 0 aliphatic heterocycles. The first-order valence-corrected chi connectivity index (χ1v) is 8.22. The van der Waals surface area contributed by atoms with Gasteiger partial charge in [-0.05, 0) is 48.6 Å². The Bertz CT molecular complexity index is 887. The largest absolute Gasteiger partial charge is 0.464 e. The van der Waals surface area contributed by atoms with E-state index in [-0.39, 0.29) is 12.4 Å². The van der Waals surface area contributed by atoms with Crippen LogP contribution in [0.25, 0.3) is 11.0 Å². The van der Waals surface area contributed by atoms with E-state index in [1.54, 1.807) is 6.26 Å². The second kappa shape index (κ2) is 6.52. The van der Waals surface area contributed by atoms with E-state index in [0.29, 0.717) is 11.7 Å². The summed E-state index contributed by atoms with van der Waals surface area (Å²) in [5.74, 6) is 0.676. The number of rotatable bonds is 4. The van der Waals surface area contributed by atoms with Crippen molar-refractivity contribution < 1.29 is 13.9 Å². The summed E-state index contributed by atoms with van der Waals surface area (Å²) >= 11 is 0. The van der Waals surface area contributed by atoms with Crippen LogP contribution in [0.3, 0.4) is 0 Å². The SMILES string of the molecule is Cc1ccc(C(C)C)c(OC(=O)Cc2coc3cc(C)ccc23)c1. The number of aryl methyl sites for hydroxylation is 2. The molecule has 0 bridgehead atoms. The highest BCUT2D eigenvalue weighted by atomic mass is 16.5. The number of hydrogen-bond acceptors (Lipinski definition) is 3. The average molecular weight is 322 g/mol. The van der Waals surface area contributed by atoms with Gasteiger partial charge in [0.2, 0.25) is 0 Å². The fourth-order valence-corrected chi connectivity index (χ4v) is 2.85. The van der Waals surface area contributed by atoms with Crippen LogP contribution in [0.4, 0.5) is 0 Å². The Morgan fingerprint density at radius 2 is 1.79 bits per heavy atom. The van der Waals surface area contributed by atoms with Crippen LogP contribution < -0.4 is 4.74 Å². The van der Waals surface area contributed by atoms with Crippen molar-refractivity contribution in [2.75, 3.05) is 0 Å². The molecule has 0 fully saturated rings. The van der Waals surface area contributed by atoms with E-state index in [2.05, 4.69) is 13.8 Å². The molecule has 3 heteroatoms. The molecule has 0 aliphatic carbocycles. The number of furan rings is 1. The minimum Gasteiger partial charge on any atom is -0.464 e. The van der Waals surface area contributed by atoms with Gasteiger partial charge in [0.15, 0.2) is 0 Å². The Kier molecular flexibility index (Phi) is 4.43. The van der Waals surface area contributed by atoms with E-state index in [1.165, 1.54) is 0 Å². The molecule has 0 spiro atoms. The average Bonchev–Trinajstić information content (AvgIpc) is 2.89. The highest BCUT2D eigenvalue weighted by Gasteiger charge is 2.15. The van der Waals surface area contributed by atoms with Crippen molar-refractivity contribution in [1.29, 1.82) is 0 Å². The Labute approximate surface area is 142 Å². The van der Waals surface area contributed by atoms with Crippen molar-refractivity contribution >= 4 is 16.9 Å². The molecule has 3 aromatic rings. The first kappa shape index (κ1) is 16.3. The van der Waals surface area contributed by atoms with Crippen LogP contribution in [-0.4, -0.2) is 5.97 Å². The summed E-state index contributed by atoms with van der Waals surface area (Å²) in [5, 5.41) is 0.964. The maximum Gasteiger partial charge on any atom is 0.315 e. The summed E-state index contributed by atoms with van der Waals surface area (Å²) in [6.07, 6.45) is 1.84. The molecule has 0 aliphatic rings. The van der Waals surface area contributed by atoms with Crippen molar-refractivity contribution in [3.05, 3.63) is 64.9 Å². The van der Waals surface area contributed by atoms with Crippen molar-refractivity contribution in [2.24, 2.45) is 0 Å². The van der Waals surface area contributed by atoms with E-state index in [1.807, 2.05) is 50.2 Å². The predicted octanol–water partition coefficient (Wildman–Crippen LogP) is 5.32. The Hall–Kier alpha value is -2.55. The van der Waals surface area contributed by atoms with Gasteiger partial charge in [-0.1, -0.05) is 38.1 Å². The number of esters is 1. The number of carbonyl (C=O) groups is 1. The van der Waals surface area contributed by atoms with Gasteiger partial charge in [-0.2, -0.15) is 0 Å². The number of carbonyl (C=O) groups excluding carboxylic acids is 1. The Morgan fingerprint density at radius 1 is 1.08 bits per heavy atom. The van der Waals surface area contributed by atoms with E-state index in [0.717, 1.165) is 33.2 Å². The van der Waals surface area contributed by atoms with Gasteiger partial charge in [-0.25, -0.2) is 0 Å². The highest BCUT2D eigenvalue weighted by Crippen LogP contribution is 2.28. The van der Waals surface area contributed by atoms with E-state index in [4.69, 9.17) is 9.15 Å². The second-order valence-electron chi connectivity index (χ2n) is 6.61. The summed E-state index contributed by atoms with van der Waals surface area (Å²) in [7, 11) is 0. The molecule has 0 N–H and O–H groups in total. The molecule has 0 radical (unpaired) electrons. The van der Waals surface area contributed by atoms with Crippen LogP contribution >= 0.6 is 0 Å². The number of benzene rings is 2. The van der Waals surface area contributed by atoms with Gasteiger partial charge < -0.3 is 9.15 Å². The third kappa shape index (κ3) is 3.35. The van der Waals surface area contributed by atoms with Gasteiger partial charge in [-0.15, -0.1) is 0 Å². The zero-order chi connectivity index (χ0) is 17.3. The molecule has 24 heavy (non-hydrogen) atoms. The van der Waals surface area contributed by atoms with Gasteiger partial charge in [0, 0.05) is 10.9 Å². The van der Waals surface area contributed by atoms with Crippen LogP contribution in [0.1, 0.15) is 42.0 Å². The van der Waals surface area contributed by atoms with E-state index < -0.39 is 0 Å². The molecule has 1 aromatic heterocycles. The zero-order valence-electron chi connectivity index (χ0n) is 14.6. The molecular formula is C21H22O3. The van der Waals surface area contributed by atoms with Crippen LogP contribution in [0.2, 0.25) is 0 Å². The first-order chi connectivity index (χ1) is 11.4. The number of hydrogen-bond donors (Lipinski definition) is 0. The lowest BCUT2D eigenvalue weighted by molar-refractivity contribution is -0.133. The molecule has 0 amide bonds. The molecule has 1 heterocycles. The first-order valence-electron chi connectivity index (χ1n) is 8.22. The zero-order valence-corrected chi connectivity index (χ0v) is 14.6. The minimum absolute atomic E-state index is 0.196. The Morgan fingerprint density at radius 3 is 2.54 bits per heavy atom. The molecule has 0 saturated carbocycles. The van der Waals surface area contributed by atoms with Crippen molar-refractivity contribution in [3.8, 4) is 5.75 Å². The highest BCUT2D eigenvalue weighted by molar-refractivity contribution is 5.86. The lowest BCUT2D eigenvalue weighted by Gasteiger charge is -2.13. The lowest BCUT2D eigenvalue weighted by Crippen LogP contribution is -2.12. The van der Waals surface area contributed by atoms with E-state index >= 15 is 0 Å². The molecule has 124 valence electrons. The summed E-state index contributed by atoms with van der Waals surface area (Å²) < 4.78 is 11.2. The van der Waals surface area contributed by atoms with Gasteiger partial charge in [-0.3, -0.25) is 4.79 Å². The van der Waals surface area contributed by atoms with Crippen LogP contribution in [0.5, 0.6) is 5.75 Å². The van der Waals surface area contributed by atoms with E-state index in [9.17, 15) is 4.79 Å². The maximum absolute atomic E-state index is 12.4. The smallest absolute Gasteiger partial charge is 0.315 e. The molecular weight excluding hydrogens is 300 g/mol. The third-order valence-electron chi connectivity index (χ3n) is 4.16. The van der Waals surface area contributed by atoms with Crippen molar-refractivity contribution in [2.45, 2.75) is 40.0 Å². The van der Waals surface area contributed by atoms with Gasteiger partial charge in [0.25, 0.3) is 0 Å². The summed E-state index contributed by atoms with van der Waals surface area (Å²) in [6, 6.07) is 12.0. The van der Waals surface area contributed by atoms with Gasteiger partial charge >= 0.3 is 5.97 Å². The summed E-state index contributed by atoms with van der Waals surface area (Å²) in [4.78, 5) is 12.4. The molecule has 0 atom stereocenters. The van der Waals surface area contributed by atoms with Crippen molar-refractivity contribution in [3.63, 3.8) is 0 Å². The topological polar surface area (TPSA) is 39.4 Å². The predicted molar refractivity (Wildman–Crippen MR) is 95.6 cm³/mol. The van der Waals surface area contributed by atoms with Crippen LogP contribution in [0.15, 0.2) is 47.1 Å². The van der Waals surface area contributed by atoms with Gasteiger partial charge in [0.1, 0.15) is 11.3 Å². The number of fused-ring (bicyclic) bond motifs is 1. The number of ether oxygens (including phenoxy) is 1. The fraction of sp³-hybridized carbons (Fsp3) is 0.286. The normalized spacial score (nSPS) is 11.2. The summed E-state index contributed by atoms with van der Waals surface area (Å²) in [6.45, 7) is 8.19.